The van der Waals surface area contributed by atoms with Gasteiger partial charge in [-0.3, -0.25) is 14.4 Å². The van der Waals surface area contributed by atoms with Gasteiger partial charge < -0.3 is 25.0 Å². The Labute approximate surface area is 271 Å². The molecule has 0 atom stereocenters. The Morgan fingerprint density at radius 3 is 2.43 bits per heavy atom. The van der Waals surface area contributed by atoms with Gasteiger partial charge in [0, 0.05) is 31.9 Å². The fraction of sp³-hybridized carbons (Fsp3) is 0.452. The number of nitrogens with one attached hydrogen (secondary N) is 2. The summed E-state index contributed by atoms with van der Waals surface area (Å²) < 4.78 is 49.0. The lowest BCUT2D eigenvalue weighted by Gasteiger charge is -2.27. The summed E-state index contributed by atoms with van der Waals surface area (Å²) >= 11 is 6.00. The molecule has 1 aromatic heterocycles. The highest BCUT2D eigenvalue weighted by atomic mass is 35.5. The zero-order valence-corrected chi connectivity index (χ0v) is 27.2. The van der Waals surface area contributed by atoms with Crippen LogP contribution in [0.25, 0.3) is 5.69 Å². The number of aryl methyl sites for hydroxylation is 1. The molecule has 0 spiro atoms. The Bertz CT molecular complexity index is 1490. The minimum absolute atomic E-state index is 0.0572. The van der Waals surface area contributed by atoms with E-state index < -0.39 is 23.8 Å². The van der Waals surface area contributed by atoms with Gasteiger partial charge in [0.05, 0.1) is 22.9 Å². The maximum atomic E-state index is 12.9. The maximum absolute atomic E-state index is 12.9. The van der Waals surface area contributed by atoms with Crippen LogP contribution >= 0.6 is 11.6 Å². The third-order valence-corrected chi connectivity index (χ3v) is 6.74. The van der Waals surface area contributed by atoms with Crippen LogP contribution in [0.15, 0.2) is 48.0 Å². The van der Waals surface area contributed by atoms with Gasteiger partial charge in [-0.1, -0.05) is 24.6 Å². The van der Waals surface area contributed by atoms with E-state index in [4.69, 9.17) is 16.3 Å². The molecule has 11 nitrogen and oxygen atoms in total. The third kappa shape index (κ3) is 11.6. The summed E-state index contributed by atoms with van der Waals surface area (Å²) in [4.78, 5) is 31.4. The van der Waals surface area contributed by atoms with Crippen LogP contribution in [0.3, 0.4) is 0 Å². The first-order valence-corrected chi connectivity index (χ1v) is 15.0. The van der Waals surface area contributed by atoms with E-state index in [1.54, 1.807) is 51.3 Å². The Morgan fingerprint density at radius 2 is 1.83 bits per heavy atom. The number of amides is 2. The molecule has 0 aliphatic rings. The van der Waals surface area contributed by atoms with Gasteiger partial charge in [0.2, 0.25) is 5.91 Å². The van der Waals surface area contributed by atoms with E-state index in [0.29, 0.717) is 37.2 Å². The number of aliphatic imine (C=N–C) groups is 1. The highest BCUT2D eigenvalue weighted by molar-refractivity contribution is 6.32. The Kier molecular flexibility index (Phi) is 12.9. The summed E-state index contributed by atoms with van der Waals surface area (Å²) in [5, 5.41) is 13.6. The van der Waals surface area contributed by atoms with Gasteiger partial charge >= 0.3 is 12.5 Å². The number of hydrogen-bond donors (Lipinski definition) is 2. The number of nitrogens with zero attached hydrogens (tertiary/aromatic N) is 5. The zero-order valence-electron chi connectivity index (χ0n) is 26.4. The molecule has 3 aromatic rings. The van der Waals surface area contributed by atoms with Crippen molar-refractivity contribution < 1.29 is 32.2 Å². The molecule has 0 radical (unpaired) electrons. The second kappa shape index (κ2) is 16.4. The SMILES string of the molecule is CCc1cc(-n2cnnc2)cc(NC(=O)CNCCCCN(Cc2ccc(OC(F)(F)F)c(Cl)c2)C(=O)OC(C)(C)C)c1C=NC. The first kappa shape index (κ1) is 36.3. The van der Waals surface area contributed by atoms with E-state index in [-0.39, 0.29) is 24.0 Å². The first-order chi connectivity index (χ1) is 21.7. The largest absolute Gasteiger partial charge is 0.573 e. The fourth-order valence-electron chi connectivity index (χ4n) is 4.44. The molecule has 0 unspecified atom stereocenters. The number of alkyl halides is 3. The predicted molar refractivity (Wildman–Crippen MR) is 170 cm³/mol. The highest BCUT2D eigenvalue weighted by Crippen LogP contribution is 2.31. The number of unbranched alkanes of at least 4 members (excludes halogenated alkanes) is 1. The average Bonchev–Trinajstić information content (AvgIpc) is 3.50. The van der Waals surface area contributed by atoms with Gasteiger partial charge in [-0.2, -0.15) is 0 Å². The average molecular weight is 666 g/mol. The van der Waals surface area contributed by atoms with Crippen molar-refractivity contribution in [3.05, 3.63) is 64.7 Å². The molecule has 2 aromatic carbocycles. The van der Waals surface area contributed by atoms with Gasteiger partial charge in [-0.25, -0.2) is 4.79 Å². The molecule has 3 rings (SSSR count). The van der Waals surface area contributed by atoms with Crippen LogP contribution in [0.1, 0.15) is 57.2 Å². The molecule has 46 heavy (non-hydrogen) atoms. The molecule has 0 fully saturated rings. The summed E-state index contributed by atoms with van der Waals surface area (Å²) in [5.74, 6) is -0.764. The van der Waals surface area contributed by atoms with Crippen molar-refractivity contribution in [2.45, 2.75) is 65.5 Å². The maximum Gasteiger partial charge on any atom is 0.573 e. The number of halogens is 4. The van der Waals surface area contributed by atoms with Crippen LogP contribution in [0.4, 0.5) is 23.7 Å². The van der Waals surface area contributed by atoms with Gasteiger partial charge in [0.25, 0.3) is 0 Å². The van der Waals surface area contributed by atoms with Gasteiger partial charge in [0.15, 0.2) is 0 Å². The first-order valence-electron chi connectivity index (χ1n) is 14.7. The number of hydrogen-bond acceptors (Lipinski definition) is 8. The summed E-state index contributed by atoms with van der Waals surface area (Å²) in [6.07, 6.45) is 1.35. The molecule has 0 bridgehead atoms. The fourth-order valence-corrected chi connectivity index (χ4v) is 4.68. The number of ether oxygens (including phenoxy) is 2. The Hall–Kier alpha value is -4.17. The number of carbonyl (C=O) groups is 2. The highest BCUT2D eigenvalue weighted by Gasteiger charge is 2.32. The van der Waals surface area contributed by atoms with Gasteiger partial charge in [-0.15, -0.1) is 23.4 Å². The molecule has 15 heteroatoms. The van der Waals surface area contributed by atoms with Crippen LogP contribution < -0.4 is 15.4 Å². The molecule has 0 saturated heterocycles. The van der Waals surface area contributed by atoms with Crippen LogP contribution in [-0.4, -0.2) is 76.5 Å². The van der Waals surface area contributed by atoms with E-state index in [2.05, 4.69) is 30.6 Å². The van der Waals surface area contributed by atoms with E-state index in [9.17, 15) is 22.8 Å². The smallest absolute Gasteiger partial charge is 0.444 e. The second-order valence-electron chi connectivity index (χ2n) is 11.3. The molecule has 0 aliphatic carbocycles. The van der Waals surface area contributed by atoms with Crippen molar-refractivity contribution in [3.63, 3.8) is 0 Å². The number of benzene rings is 2. The molecular weight excluding hydrogens is 627 g/mol. The molecule has 2 amide bonds. The van der Waals surface area contributed by atoms with Crippen molar-refractivity contribution in [1.82, 2.24) is 25.0 Å². The zero-order chi connectivity index (χ0) is 33.9. The molecule has 0 saturated carbocycles. The minimum Gasteiger partial charge on any atom is -0.444 e. The standard InChI is InChI=1S/C31H39ClF3N7O4/c1-6-22-14-23(42-19-38-39-20-42)15-26(24(22)16-36-5)40-28(43)17-37-11-7-8-12-41(29(44)46-30(2,3)4)18-21-9-10-27(25(32)13-21)45-31(33,34)35/h9-10,13-16,19-20,37H,6-8,11-12,17-18H2,1-5H3,(H,40,43). The number of aromatic nitrogens is 3. The quantitative estimate of drug-likeness (QED) is 0.156. The third-order valence-electron chi connectivity index (χ3n) is 6.44. The Morgan fingerprint density at radius 1 is 1.11 bits per heavy atom. The molecule has 2 N–H and O–H groups in total. The monoisotopic (exact) mass is 665 g/mol. The predicted octanol–water partition coefficient (Wildman–Crippen LogP) is 6.18. The van der Waals surface area contributed by atoms with Gasteiger partial charge in [0.1, 0.15) is 24.0 Å². The lowest BCUT2D eigenvalue weighted by atomic mass is 10.0. The van der Waals surface area contributed by atoms with E-state index >= 15 is 0 Å². The second-order valence-corrected chi connectivity index (χ2v) is 11.7. The molecular formula is C31H39ClF3N7O4. The Balaban J connectivity index is 1.56. The van der Waals surface area contributed by atoms with Crippen molar-refractivity contribution in [3.8, 4) is 11.4 Å². The van der Waals surface area contributed by atoms with Gasteiger partial charge in [-0.05, 0) is 82.0 Å². The molecule has 250 valence electrons. The van der Waals surface area contributed by atoms with Crippen molar-refractivity contribution >= 4 is 35.5 Å². The summed E-state index contributed by atoms with van der Waals surface area (Å²) in [5.41, 5.74) is 3.01. The lowest BCUT2D eigenvalue weighted by molar-refractivity contribution is -0.274. The summed E-state index contributed by atoms with van der Waals surface area (Å²) in [6, 6.07) is 7.68. The lowest BCUT2D eigenvalue weighted by Crippen LogP contribution is -2.37. The normalized spacial score (nSPS) is 11.9. The van der Waals surface area contributed by atoms with E-state index in [0.717, 1.165) is 29.3 Å². The topological polar surface area (TPSA) is 123 Å². The molecule has 0 aliphatic heterocycles. The summed E-state index contributed by atoms with van der Waals surface area (Å²) in [6.45, 7) is 8.16. The minimum atomic E-state index is -4.88. The van der Waals surface area contributed by atoms with Crippen molar-refractivity contribution in [1.29, 1.82) is 0 Å². The number of anilines is 1. The molecule has 1 heterocycles. The van der Waals surface area contributed by atoms with Crippen LogP contribution in [0.2, 0.25) is 5.02 Å². The number of carbonyl (C=O) groups excluding carboxylic acids is 2. The van der Waals surface area contributed by atoms with E-state index in [1.807, 2.05) is 19.1 Å². The van der Waals surface area contributed by atoms with Crippen LogP contribution in [0.5, 0.6) is 5.75 Å². The summed E-state index contributed by atoms with van der Waals surface area (Å²) in [7, 11) is 1.67. The van der Waals surface area contributed by atoms with E-state index in [1.165, 1.54) is 17.0 Å². The van der Waals surface area contributed by atoms with Crippen LogP contribution in [0, 0.1) is 0 Å². The number of rotatable bonds is 14. The van der Waals surface area contributed by atoms with Crippen molar-refractivity contribution in [2.24, 2.45) is 4.99 Å². The van der Waals surface area contributed by atoms with Crippen molar-refractivity contribution in [2.75, 3.05) is 32.0 Å². The van der Waals surface area contributed by atoms with Crippen LogP contribution in [-0.2, 0) is 22.5 Å².